The molecule has 1 amide bonds. The van der Waals surface area contributed by atoms with Crippen LogP contribution < -0.4 is 5.32 Å². The van der Waals surface area contributed by atoms with E-state index in [1.807, 2.05) is 0 Å². The lowest BCUT2D eigenvalue weighted by Gasteiger charge is -2.05. The second kappa shape index (κ2) is 6.89. The molecule has 0 saturated heterocycles. The summed E-state index contributed by atoms with van der Waals surface area (Å²) >= 11 is 17.0. The zero-order valence-electron chi connectivity index (χ0n) is 8.34. The van der Waals surface area contributed by atoms with Gasteiger partial charge in [-0.3, -0.25) is 4.79 Å². The number of alkyl halides is 1. The van der Waals surface area contributed by atoms with E-state index in [2.05, 4.69) is 15.3 Å². The number of nitrogens with one attached hydrogen (secondary N) is 1. The largest absolute Gasteiger partial charge is 0.309 e. The Kier molecular flexibility index (Phi) is 5.80. The fraction of sp³-hybridized carbons (Fsp3) is 0.444. The van der Waals surface area contributed by atoms with Crippen molar-refractivity contribution in [2.45, 2.75) is 19.3 Å². The molecule has 1 N–H and O–H groups in total. The standard InChI is InChI=1S/C9H10Cl3N3O/c10-4-2-1-3-6(16)15-9-7(11)8(12)13-5-14-9/h5H,1-4H2,(H,13,14,15,16). The third-order valence-electron chi connectivity index (χ3n) is 1.79. The average molecular weight is 283 g/mol. The fourth-order valence-electron chi connectivity index (χ4n) is 1.01. The van der Waals surface area contributed by atoms with Crippen molar-refractivity contribution in [1.82, 2.24) is 9.97 Å². The Morgan fingerprint density at radius 2 is 2.06 bits per heavy atom. The molecule has 0 aliphatic carbocycles. The van der Waals surface area contributed by atoms with Gasteiger partial charge >= 0.3 is 0 Å². The van der Waals surface area contributed by atoms with Crippen LogP contribution in [0.25, 0.3) is 0 Å². The third kappa shape index (κ3) is 4.12. The van der Waals surface area contributed by atoms with Crippen LogP contribution in [0.1, 0.15) is 19.3 Å². The molecule has 1 rings (SSSR count). The van der Waals surface area contributed by atoms with Crippen LogP contribution in [-0.4, -0.2) is 21.8 Å². The van der Waals surface area contributed by atoms with Gasteiger partial charge in [-0.1, -0.05) is 23.2 Å². The number of hydrogen-bond acceptors (Lipinski definition) is 3. The molecule has 0 bridgehead atoms. The molecule has 16 heavy (non-hydrogen) atoms. The molecule has 0 unspecified atom stereocenters. The van der Waals surface area contributed by atoms with Crippen molar-refractivity contribution in [2.24, 2.45) is 0 Å². The van der Waals surface area contributed by atoms with Gasteiger partial charge in [0.05, 0.1) is 0 Å². The summed E-state index contributed by atoms with van der Waals surface area (Å²) in [5, 5.41) is 2.83. The zero-order chi connectivity index (χ0) is 12.0. The molecule has 0 aliphatic heterocycles. The molecule has 0 fully saturated rings. The zero-order valence-corrected chi connectivity index (χ0v) is 10.6. The minimum absolute atomic E-state index is 0.118. The van der Waals surface area contributed by atoms with E-state index in [-0.39, 0.29) is 21.9 Å². The van der Waals surface area contributed by atoms with Crippen molar-refractivity contribution < 1.29 is 4.79 Å². The van der Waals surface area contributed by atoms with Crippen LogP contribution in [0.15, 0.2) is 6.33 Å². The predicted octanol–water partition coefficient (Wildman–Crippen LogP) is 3.13. The number of nitrogens with zero attached hydrogens (tertiary/aromatic N) is 2. The van der Waals surface area contributed by atoms with Crippen molar-refractivity contribution in [3.05, 3.63) is 16.5 Å². The number of rotatable bonds is 5. The summed E-state index contributed by atoms with van der Waals surface area (Å²) in [6, 6.07) is 0. The molecule has 1 aromatic rings. The summed E-state index contributed by atoms with van der Waals surface area (Å²) < 4.78 is 0. The Morgan fingerprint density at radius 3 is 2.75 bits per heavy atom. The maximum Gasteiger partial charge on any atom is 0.225 e. The predicted molar refractivity (Wildman–Crippen MR) is 65.3 cm³/mol. The quantitative estimate of drug-likeness (QED) is 0.513. The number of amides is 1. The normalized spacial score (nSPS) is 10.2. The Hall–Kier alpha value is -0.580. The number of carbonyl (C=O) groups excluding carboxylic acids is 1. The van der Waals surface area contributed by atoms with E-state index in [4.69, 9.17) is 34.8 Å². The second-order valence-electron chi connectivity index (χ2n) is 3.02. The van der Waals surface area contributed by atoms with Crippen LogP contribution >= 0.6 is 34.8 Å². The topological polar surface area (TPSA) is 54.9 Å². The molecule has 0 radical (unpaired) electrons. The van der Waals surface area contributed by atoms with Crippen LogP contribution in [-0.2, 0) is 4.79 Å². The smallest absolute Gasteiger partial charge is 0.225 e. The average Bonchev–Trinajstić information content (AvgIpc) is 2.25. The Morgan fingerprint density at radius 1 is 1.31 bits per heavy atom. The Labute approximate surface area is 108 Å². The van der Waals surface area contributed by atoms with E-state index in [0.29, 0.717) is 12.3 Å². The Balaban J connectivity index is 2.53. The molecule has 88 valence electrons. The van der Waals surface area contributed by atoms with Crippen LogP contribution in [0.3, 0.4) is 0 Å². The first-order chi connectivity index (χ1) is 7.65. The summed E-state index contributed by atoms with van der Waals surface area (Å²) in [4.78, 5) is 18.9. The van der Waals surface area contributed by atoms with Gasteiger partial charge in [0.1, 0.15) is 11.3 Å². The molecule has 1 aromatic heterocycles. The van der Waals surface area contributed by atoms with E-state index in [1.54, 1.807) is 0 Å². The molecule has 7 heteroatoms. The van der Waals surface area contributed by atoms with Gasteiger partial charge in [-0.05, 0) is 12.8 Å². The number of carbonyl (C=O) groups is 1. The molecular weight excluding hydrogens is 272 g/mol. The van der Waals surface area contributed by atoms with Gasteiger partial charge in [-0.15, -0.1) is 11.6 Å². The molecule has 0 aliphatic rings. The highest BCUT2D eigenvalue weighted by atomic mass is 35.5. The Bertz CT molecular complexity index is 373. The molecule has 4 nitrogen and oxygen atoms in total. The monoisotopic (exact) mass is 281 g/mol. The van der Waals surface area contributed by atoms with Gasteiger partial charge in [0.15, 0.2) is 11.0 Å². The number of aromatic nitrogens is 2. The van der Waals surface area contributed by atoms with Crippen LogP contribution in [0.2, 0.25) is 10.2 Å². The van der Waals surface area contributed by atoms with Crippen LogP contribution in [0.5, 0.6) is 0 Å². The maximum atomic E-state index is 11.4. The highest BCUT2D eigenvalue weighted by Crippen LogP contribution is 2.25. The van der Waals surface area contributed by atoms with Crippen molar-refractivity contribution in [3.63, 3.8) is 0 Å². The van der Waals surface area contributed by atoms with E-state index in [0.717, 1.165) is 12.8 Å². The lowest BCUT2D eigenvalue weighted by molar-refractivity contribution is -0.116. The van der Waals surface area contributed by atoms with Crippen molar-refractivity contribution >= 4 is 46.5 Å². The van der Waals surface area contributed by atoms with E-state index >= 15 is 0 Å². The number of hydrogen-bond donors (Lipinski definition) is 1. The van der Waals surface area contributed by atoms with Crippen molar-refractivity contribution in [1.29, 1.82) is 0 Å². The highest BCUT2D eigenvalue weighted by Gasteiger charge is 2.10. The molecule has 0 aromatic carbocycles. The molecule has 0 spiro atoms. The fourth-order valence-corrected chi connectivity index (χ4v) is 1.48. The first-order valence-corrected chi connectivity index (χ1v) is 5.96. The minimum atomic E-state index is -0.165. The van der Waals surface area contributed by atoms with E-state index in [9.17, 15) is 4.79 Å². The van der Waals surface area contributed by atoms with Gasteiger partial charge in [-0.25, -0.2) is 9.97 Å². The molecule has 0 atom stereocenters. The minimum Gasteiger partial charge on any atom is -0.309 e. The first-order valence-electron chi connectivity index (χ1n) is 4.67. The third-order valence-corrected chi connectivity index (χ3v) is 2.80. The van der Waals surface area contributed by atoms with Crippen molar-refractivity contribution in [2.75, 3.05) is 11.2 Å². The highest BCUT2D eigenvalue weighted by molar-refractivity contribution is 6.42. The number of anilines is 1. The molecule has 0 saturated carbocycles. The number of unbranched alkanes of at least 4 members (excludes halogenated alkanes) is 1. The van der Waals surface area contributed by atoms with Gasteiger partial charge < -0.3 is 5.32 Å². The van der Waals surface area contributed by atoms with Gasteiger partial charge in [0.25, 0.3) is 0 Å². The van der Waals surface area contributed by atoms with Crippen LogP contribution in [0.4, 0.5) is 5.82 Å². The van der Waals surface area contributed by atoms with Gasteiger partial charge in [0.2, 0.25) is 5.91 Å². The lowest BCUT2D eigenvalue weighted by atomic mass is 10.2. The summed E-state index contributed by atoms with van der Waals surface area (Å²) in [6.45, 7) is 0. The number of halogens is 3. The van der Waals surface area contributed by atoms with Gasteiger partial charge in [0, 0.05) is 12.3 Å². The summed E-state index contributed by atoms with van der Waals surface area (Å²) in [5.41, 5.74) is 0. The second-order valence-corrected chi connectivity index (χ2v) is 4.14. The van der Waals surface area contributed by atoms with Crippen LogP contribution in [0, 0.1) is 0 Å². The first kappa shape index (κ1) is 13.5. The molecular formula is C9H10Cl3N3O. The van der Waals surface area contributed by atoms with E-state index in [1.165, 1.54) is 6.33 Å². The molecule has 1 heterocycles. The summed E-state index contributed by atoms with van der Waals surface area (Å²) in [5.74, 6) is 0.618. The maximum absolute atomic E-state index is 11.4. The van der Waals surface area contributed by atoms with Crippen molar-refractivity contribution in [3.8, 4) is 0 Å². The van der Waals surface area contributed by atoms with E-state index < -0.39 is 0 Å². The van der Waals surface area contributed by atoms with Gasteiger partial charge in [-0.2, -0.15) is 0 Å². The lowest BCUT2D eigenvalue weighted by Crippen LogP contribution is -2.13. The SMILES string of the molecule is O=C(CCCCCl)Nc1ncnc(Cl)c1Cl. The summed E-state index contributed by atoms with van der Waals surface area (Å²) in [6.07, 6.45) is 3.15. The summed E-state index contributed by atoms with van der Waals surface area (Å²) in [7, 11) is 0.